The molecule has 1 aliphatic heterocycles. The van der Waals surface area contributed by atoms with Crippen LogP contribution in [-0.2, 0) is 30.3 Å². The number of aryl methyl sites for hydroxylation is 1. The van der Waals surface area contributed by atoms with Crippen LogP contribution in [0.5, 0.6) is 0 Å². The van der Waals surface area contributed by atoms with Crippen molar-refractivity contribution in [3.63, 3.8) is 0 Å². The summed E-state index contributed by atoms with van der Waals surface area (Å²) in [5, 5.41) is 19.4. The van der Waals surface area contributed by atoms with E-state index in [-0.39, 0.29) is 28.5 Å². The molecular weight excluding hydrogens is 631 g/mol. The molecule has 1 saturated heterocycles. The van der Waals surface area contributed by atoms with Gasteiger partial charge in [-0.15, -0.1) is 10.2 Å². The Balaban J connectivity index is 1.25. The number of hydrogen-bond acceptors (Lipinski definition) is 15. The molecular formula is C26H30Cl2N12O5. The second-order valence-electron chi connectivity index (χ2n) is 10.6. The standard InChI is InChI=1S/C26H30Cl2N12O5/c1-4-40-37-22(36-38-40)19-18(43-12(2)41)20(44-13(3)42)24(45-19)39-11-30-17-21(34-26(28)35-23(17)39)32-15-7-5-14(6-8-15)31-16-9-10-29-25(27)33-16/h9-11,14-15,18-20,24H,4-8H2,1-3H3,(H,29,31,33)(H,32,34,35)/t14?,15?,18-,19+,20-,24-/m1/s1. The zero-order valence-corrected chi connectivity index (χ0v) is 26.0. The molecule has 5 heterocycles. The minimum atomic E-state index is -1.10. The molecule has 0 radical (unpaired) electrons. The first-order valence-electron chi connectivity index (χ1n) is 14.4. The number of anilines is 2. The van der Waals surface area contributed by atoms with Crippen LogP contribution >= 0.6 is 23.2 Å². The van der Waals surface area contributed by atoms with Crippen molar-refractivity contribution in [3.8, 4) is 0 Å². The number of nitrogens with zero attached hydrogens (tertiary/aromatic N) is 10. The lowest BCUT2D eigenvalue weighted by atomic mass is 9.91. The minimum Gasteiger partial charge on any atom is -0.455 e. The zero-order chi connectivity index (χ0) is 31.7. The van der Waals surface area contributed by atoms with E-state index in [0.717, 1.165) is 25.7 Å². The van der Waals surface area contributed by atoms with Gasteiger partial charge in [-0.05, 0) is 67.1 Å². The lowest BCUT2D eigenvalue weighted by molar-refractivity contribution is -0.165. The molecule has 2 aliphatic rings. The van der Waals surface area contributed by atoms with Crippen molar-refractivity contribution in [2.45, 2.75) is 89.6 Å². The second-order valence-corrected chi connectivity index (χ2v) is 11.3. The van der Waals surface area contributed by atoms with Crippen LogP contribution < -0.4 is 10.6 Å². The van der Waals surface area contributed by atoms with E-state index in [1.807, 2.05) is 6.92 Å². The molecule has 2 fully saturated rings. The van der Waals surface area contributed by atoms with Crippen molar-refractivity contribution in [2.75, 3.05) is 10.6 Å². The highest BCUT2D eigenvalue weighted by molar-refractivity contribution is 6.28. The first-order valence-corrected chi connectivity index (χ1v) is 15.1. The number of halogens is 2. The normalized spacial score (nSPS) is 24.8. The summed E-state index contributed by atoms with van der Waals surface area (Å²) in [6.45, 7) is 4.81. The fourth-order valence-electron chi connectivity index (χ4n) is 5.59. The fourth-order valence-corrected chi connectivity index (χ4v) is 5.90. The highest BCUT2D eigenvalue weighted by Crippen LogP contribution is 2.42. The van der Waals surface area contributed by atoms with E-state index in [1.165, 1.54) is 25.0 Å². The highest BCUT2D eigenvalue weighted by Gasteiger charge is 2.53. The number of carbonyl (C=O) groups is 2. The molecule has 1 aliphatic carbocycles. The molecule has 4 atom stereocenters. The van der Waals surface area contributed by atoms with E-state index in [4.69, 9.17) is 37.4 Å². The maximum atomic E-state index is 12.2. The Morgan fingerprint density at radius 2 is 1.69 bits per heavy atom. The van der Waals surface area contributed by atoms with Gasteiger partial charge in [0.2, 0.25) is 16.4 Å². The molecule has 6 rings (SSSR count). The molecule has 0 unspecified atom stereocenters. The monoisotopic (exact) mass is 660 g/mol. The summed E-state index contributed by atoms with van der Waals surface area (Å²) in [5.74, 6) is 0.0863. The van der Waals surface area contributed by atoms with E-state index in [0.29, 0.717) is 29.3 Å². The van der Waals surface area contributed by atoms with E-state index >= 15 is 0 Å². The summed E-state index contributed by atoms with van der Waals surface area (Å²) in [4.78, 5) is 47.2. The lowest BCUT2D eigenvalue weighted by Crippen LogP contribution is -2.37. The van der Waals surface area contributed by atoms with Gasteiger partial charge in [0, 0.05) is 32.1 Å². The fraction of sp³-hybridized carbons (Fsp3) is 0.538. The SMILES string of the molecule is CCn1nnc([C@H]2O[C@@H](n3cnc4c(NC5CCC(Nc6ccnc(Cl)n6)CC5)nc(Cl)nc43)[C@H](OC(C)=O)[C@@H]2OC(C)=O)n1. The average molecular weight is 662 g/mol. The van der Waals surface area contributed by atoms with Gasteiger partial charge in [-0.3, -0.25) is 14.2 Å². The molecule has 19 heteroatoms. The Kier molecular flexibility index (Phi) is 8.91. The second kappa shape index (κ2) is 13.0. The molecule has 0 spiro atoms. The van der Waals surface area contributed by atoms with E-state index in [1.54, 1.807) is 16.8 Å². The molecule has 45 heavy (non-hydrogen) atoms. The number of hydrogen-bond donors (Lipinski definition) is 2. The first-order chi connectivity index (χ1) is 21.7. The van der Waals surface area contributed by atoms with Crippen LogP contribution in [0, 0.1) is 0 Å². The molecule has 1 saturated carbocycles. The van der Waals surface area contributed by atoms with Crippen molar-refractivity contribution in [1.82, 2.24) is 49.7 Å². The van der Waals surface area contributed by atoms with Gasteiger partial charge in [-0.25, -0.2) is 15.0 Å². The van der Waals surface area contributed by atoms with Crippen LogP contribution in [0.1, 0.15) is 64.6 Å². The Bertz CT molecular complexity index is 1690. The van der Waals surface area contributed by atoms with Gasteiger partial charge in [0.15, 0.2) is 41.5 Å². The molecule has 0 aromatic carbocycles. The predicted molar refractivity (Wildman–Crippen MR) is 158 cm³/mol. The Morgan fingerprint density at radius 1 is 0.978 bits per heavy atom. The molecule has 4 aromatic heterocycles. The average Bonchev–Trinajstić information content (AvgIpc) is 3.72. The number of rotatable bonds is 9. The van der Waals surface area contributed by atoms with Crippen molar-refractivity contribution >= 4 is 57.9 Å². The number of nitrogens with one attached hydrogen (secondary N) is 2. The van der Waals surface area contributed by atoms with Crippen molar-refractivity contribution in [3.05, 3.63) is 35.0 Å². The third-order valence-electron chi connectivity index (χ3n) is 7.51. The van der Waals surface area contributed by atoms with Crippen LogP contribution in [-0.4, -0.2) is 85.9 Å². The number of fused-ring (bicyclic) bond motifs is 1. The summed E-state index contributed by atoms with van der Waals surface area (Å²) in [5.41, 5.74) is 0.756. The van der Waals surface area contributed by atoms with Crippen LogP contribution in [0.4, 0.5) is 11.6 Å². The van der Waals surface area contributed by atoms with Gasteiger partial charge in [0.1, 0.15) is 5.82 Å². The minimum absolute atomic E-state index is 0.0228. The third kappa shape index (κ3) is 6.74. The molecule has 2 N–H and O–H groups in total. The first kappa shape index (κ1) is 30.8. The topological polar surface area (TPSA) is 199 Å². The Hall–Kier alpha value is -4.22. The quantitative estimate of drug-likeness (QED) is 0.196. The van der Waals surface area contributed by atoms with Crippen molar-refractivity contribution in [1.29, 1.82) is 0 Å². The van der Waals surface area contributed by atoms with Crippen LogP contribution in [0.2, 0.25) is 10.6 Å². The van der Waals surface area contributed by atoms with Gasteiger partial charge in [0.05, 0.1) is 12.9 Å². The number of esters is 2. The Labute approximate surface area is 266 Å². The van der Waals surface area contributed by atoms with Gasteiger partial charge in [0.25, 0.3) is 0 Å². The van der Waals surface area contributed by atoms with Crippen LogP contribution in [0.3, 0.4) is 0 Å². The molecule has 238 valence electrons. The number of aromatic nitrogens is 10. The third-order valence-corrected chi connectivity index (χ3v) is 7.86. The van der Waals surface area contributed by atoms with E-state index in [9.17, 15) is 9.59 Å². The maximum absolute atomic E-state index is 12.2. The molecule has 0 amide bonds. The number of tetrazole rings is 1. The summed E-state index contributed by atoms with van der Waals surface area (Å²) in [7, 11) is 0. The van der Waals surface area contributed by atoms with Crippen LogP contribution in [0.25, 0.3) is 11.2 Å². The molecule has 17 nitrogen and oxygen atoms in total. The van der Waals surface area contributed by atoms with Gasteiger partial charge in [-0.1, -0.05) is 0 Å². The smallest absolute Gasteiger partial charge is 0.303 e. The Morgan fingerprint density at radius 3 is 2.36 bits per heavy atom. The number of ether oxygens (including phenoxy) is 3. The lowest BCUT2D eigenvalue weighted by Gasteiger charge is -2.30. The zero-order valence-electron chi connectivity index (χ0n) is 24.5. The van der Waals surface area contributed by atoms with Gasteiger partial charge in [-0.2, -0.15) is 14.8 Å². The summed E-state index contributed by atoms with van der Waals surface area (Å²) in [6, 6.07) is 2.11. The highest BCUT2D eigenvalue weighted by atomic mass is 35.5. The summed E-state index contributed by atoms with van der Waals surface area (Å²) >= 11 is 12.3. The predicted octanol–water partition coefficient (Wildman–Crippen LogP) is 2.90. The van der Waals surface area contributed by atoms with Gasteiger partial charge >= 0.3 is 11.9 Å². The molecule has 4 aromatic rings. The van der Waals surface area contributed by atoms with E-state index < -0.39 is 36.5 Å². The number of imidazole rings is 1. The van der Waals surface area contributed by atoms with Crippen molar-refractivity contribution < 1.29 is 23.8 Å². The summed E-state index contributed by atoms with van der Waals surface area (Å²) in [6.07, 6.45) is 2.34. The molecule has 0 bridgehead atoms. The van der Waals surface area contributed by atoms with Crippen LogP contribution in [0.15, 0.2) is 18.6 Å². The van der Waals surface area contributed by atoms with Gasteiger partial charge < -0.3 is 24.8 Å². The number of carbonyl (C=O) groups excluding carboxylic acids is 2. The summed E-state index contributed by atoms with van der Waals surface area (Å²) < 4.78 is 19.1. The van der Waals surface area contributed by atoms with Crippen molar-refractivity contribution in [2.24, 2.45) is 0 Å². The maximum Gasteiger partial charge on any atom is 0.303 e. The van der Waals surface area contributed by atoms with E-state index in [2.05, 4.69) is 51.0 Å². The largest absolute Gasteiger partial charge is 0.455 e.